The summed E-state index contributed by atoms with van der Waals surface area (Å²) in [4.78, 5) is 14.1. The minimum Gasteiger partial charge on any atom is -0.445 e. The van der Waals surface area contributed by atoms with E-state index in [0.29, 0.717) is 13.0 Å². The summed E-state index contributed by atoms with van der Waals surface area (Å²) in [6.45, 7) is 0.763. The van der Waals surface area contributed by atoms with Crippen LogP contribution in [-0.2, 0) is 21.4 Å². The lowest BCUT2D eigenvalue weighted by molar-refractivity contribution is 0.0853. The number of hydrogen-bond acceptors (Lipinski definition) is 4. The normalized spacial score (nSPS) is 27.0. The Morgan fingerprint density at radius 2 is 2.04 bits per heavy atom. The van der Waals surface area contributed by atoms with E-state index in [2.05, 4.69) is 0 Å². The Balaban J connectivity index is 1.66. The maximum Gasteiger partial charge on any atom is 0.410 e. The minimum atomic E-state index is -3.55. The number of rotatable bonds is 4. The number of amides is 1. The van der Waals surface area contributed by atoms with Crippen molar-refractivity contribution in [1.82, 2.24) is 4.90 Å². The van der Waals surface area contributed by atoms with Crippen LogP contribution < -0.4 is 5.14 Å². The fourth-order valence-electron chi connectivity index (χ4n) is 4.06. The molecule has 2 aliphatic rings. The third kappa shape index (κ3) is 3.50. The van der Waals surface area contributed by atoms with Crippen LogP contribution in [-0.4, -0.2) is 37.8 Å². The van der Waals surface area contributed by atoms with Gasteiger partial charge < -0.3 is 9.64 Å². The van der Waals surface area contributed by atoms with Crippen molar-refractivity contribution in [2.75, 3.05) is 12.3 Å². The van der Waals surface area contributed by atoms with Gasteiger partial charge in [-0.05, 0) is 24.8 Å². The van der Waals surface area contributed by atoms with Crippen molar-refractivity contribution in [2.45, 2.75) is 38.3 Å². The van der Waals surface area contributed by atoms with Crippen LogP contribution in [0.4, 0.5) is 4.79 Å². The van der Waals surface area contributed by atoms with Crippen LogP contribution in [0.1, 0.15) is 31.2 Å². The van der Waals surface area contributed by atoms with Gasteiger partial charge in [0.25, 0.3) is 0 Å². The molecule has 23 heavy (non-hydrogen) atoms. The van der Waals surface area contributed by atoms with Gasteiger partial charge in [-0.3, -0.25) is 0 Å². The first kappa shape index (κ1) is 16.3. The van der Waals surface area contributed by atoms with Crippen LogP contribution in [0.3, 0.4) is 0 Å². The number of nitrogens with zero attached hydrogens (tertiary/aromatic N) is 1. The first-order valence-electron chi connectivity index (χ1n) is 7.87. The van der Waals surface area contributed by atoms with Crippen molar-refractivity contribution in [3.05, 3.63) is 35.9 Å². The molecule has 0 spiro atoms. The zero-order valence-corrected chi connectivity index (χ0v) is 13.8. The van der Waals surface area contributed by atoms with Crippen LogP contribution >= 0.6 is 0 Å². The predicted molar refractivity (Wildman–Crippen MR) is 86.0 cm³/mol. The van der Waals surface area contributed by atoms with Gasteiger partial charge in [-0.15, -0.1) is 0 Å². The molecule has 1 saturated heterocycles. The molecule has 1 aromatic rings. The minimum absolute atomic E-state index is 0.0485. The molecule has 2 N–H and O–H groups in total. The molecule has 2 fully saturated rings. The second-order valence-electron chi connectivity index (χ2n) is 6.56. The van der Waals surface area contributed by atoms with Gasteiger partial charge in [0.2, 0.25) is 10.0 Å². The van der Waals surface area contributed by atoms with E-state index < -0.39 is 10.0 Å². The van der Waals surface area contributed by atoms with Gasteiger partial charge in [0.1, 0.15) is 6.61 Å². The highest BCUT2D eigenvalue weighted by Crippen LogP contribution is 2.49. The highest BCUT2D eigenvalue weighted by molar-refractivity contribution is 7.89. The molecule has 0 aromatic heterocycles. The van der Waals surface area contributed by atoms with Gasteiger partial charge in [0, 0.05) is 18.0 Å². The molecular weight excluding hydrogens is 316 g/mol. The molecule has 1 heterocycles. The molecule has 0 unspecified atom stereocenters. The number of benzene rings is 1. The topological polar surface area (TPSA) is 89.7 Å². The average molecular weight is 338 g/mol. The van der Waals surface area contributed by atoms with Gasteiger partial charge in [-0.25, -0.2) is 18.4 Å². The number of sulfonamides is 1. The number of fused-ring (bicyclic) bond motifs is 1. The quantitative estimate of drug-likeness (QED) is 0.907. The highest BCUT2D eigenvalue weighted by atomic mass is 32.2. The van der Waals surface area contributed by atoms with Gasteiger partial charge in [0.05, 0.1) is 5.75 Å². The van der Waals surface area contributed by atoms with Crippen LogP contribution in [0.15, 0.2) is 30.3 Å². The Labute approximate surface area is 136 Å². The number of primary sulfonamides is 1. The van der Waals surface area contributed by atoms with E-state index in [0.717, 1.165) is 24.8 Å². The molecule has 1 saturated carbocycles. The molecule has 1 aliphatic carbocycles. The number of likely N-dealkylation sites (tertiary alicyclic amines) is 1. The van der Waals surface area contributed by atoms with E-state index in [-0.39, 0.29) is 29.9 Å². The Morgan fingerprint density at radius 1 is 1.30 bits per heavy atom. The van der Waals surface area contributed by atoms with Crippen molar-refractivity contribution >= 4 is 16.1 Å². The first-order valence-corrected chi connectivity index (χ1v) is 9.59. The number of carbonyl (C=O) groups excluding carboxylic acids is 1. The van der Waals surface area contributed by atoms with Gasteiger partial charge in [-0.2, -0.15) is 0 Å². The van der Waals surface area contributed by atoms with E-state index in [1.54, 1.807) is 4.90 Å². The summed E-state index contributed by atoms with van der Waals surface area (Å²) in [5, 5.41) is 5.26. The van der Waals surface area contributed by atoms with Gasteiger partial charge in [-0.1, -0.05) is 36.8 Å². The lowest BCUT2D eigenvalue weighted by atomic mass is 9.84. The summed E-state index contributed by atoms with van der Waals surface area (Å²) in [7, 11) is -3.55. The fourth-order valence-corrected chi connectivity index (χ4v) is 5.34. The number of carbonyl (C=O) groups is 1. The molecule has 1 aliphatic heterocycles. The third-order valence-corrected chi connectivity index (χ3v) is 5.99. The Bertz CT molecular complexity index is 677. The van der Waals surface area contributed by atoms with Crippen molar-refractivity contribution in [2.24, 2.45) is 10.6 Å². The number of nitrogens with two attached hydrogens (primary N) is 1. The smallest absolute Gasteiger partial charge is 0.410 e. The second kappa shape index (κ2) is 6.13. The largest absolute Gasteiger partial charge is 0.445 e. The molecule has 3 rings (SSSR count). The molecular formula is C16H22N2O4S. The summed E-state index contributed by atoms with van der Waals surface area (Å²) < 4.78 is 28.5. The third-order valence-electron chi connectivity index (χ3n) is 5.01. The molecule has 1 amide bonds. The van der Waals surface area contributed by atoms with Crippen LogP contribution in [0.25, 0.3) is 0 Å². The first-order chi connectivity index (χ1) is 10.9. The zero-order valence-electron chi connectivity index (χ0n) is 13.0. The van der Waals surface area contributed by atoms with Crippen LogP contribution in [0, 0.1) is 5.41 Å². The molecule has 2 atom stereocenters. The fraction of sp³-hybridized carbons (Fsp3) is 0.562. The van der Waals surface area contributed by atoms with Crippen molar-refractivity contribution in [1.29, 1.82) is 0 Å². The SMILES string of the molecule is NS(=O)(=O)C[C@]12CCC[C@H]1N(C(=O)OCc1ccccc1)CC2. The van der Waals surface area contributed by atoms with Crippen molar-refractivity contribution in [3.8, 4) is 0 Å². The molecule has 7 heteroatoms. The summed E-state index contributed by atoms with van der Waals surface area (Å²) >= 11 is 0. The average Bonchev–Trinajstić information content (AvgIpc) is 3.02. The van der Waals surface area contributed by atoms with E-state index >= 15 is 0 Å². The Hall–Kier alpha value is -1.60. The van der Waals surface area contributed by atoms with E-state index in [4.69, 9.17) is 9.88 Å². The molecule has 6 nitrogen and oxygen atoms in total. The lowest BCUT2D eigenvalue weighted by Gasteiger charge is -2.31. The summed E-state index contributed by atoms with van der Waals surface area (Å²) in [5.74, 6) is -0.0485. The molecule has 0 radical (unpaired) electrons. The second-order valence-corrected chi connectivity index (χ2v) is 8.18. The lowest BCUT2D eigenvalue weighted by Crippen LogP contribution is -2.43. The van der Waals surface area contributed by atoms with Crippen molar-refractivity contribution < 1.29 is 17.9 Å². The highest BCUT2D eigenvalue weighted by Gasteiger charge is 2.53. The summed E-state index contributed by atoms with van der Waals surface area (Å²) in [6.07, 6.45) is 2.85. The molecule has 1 aromatic carbocycles. The monoisotopic (exact) mass is 338 g/mol. The maximum atomic E-state index is 12.4. The summed E-state index contributed by atoms with van der Waals surface area (Å²) in [6, 6.07) is 9.42. The van der Waals surface area contributed by atoms with Crippen molar-refractivity contribution in [3.63, 3.8) is 0 Å². The predicted octanol–water partition coefficient (Wildman–Crippen LogP) is 1.86. The molecule has 126 valence electrons. The number of hydrogen-bond donors (Lipinski definition) is 1. The van der Waals surface area contributed by atoms with Crippen LogP contribution in [0.2, 0.25) is 0 Å². The van der Waals surface area contributed by atoms with Gasteiger partial charge in [0.15, 0.2) is 0 Å². The maximum absolute atomic E-state index is 12.4. The standard InChI is InChI=1S/C16H22N2O4S/c17-23(20,21)12-16-8-4-7-14(16)18(10-9-16)15(19)22-11-13-5-2-1-3-6-13/h1-3,5-6,14H,4,7-12H2,(H2,17,20,21)/t14-,16-/m1/s1. The Kier molecular flexibility index (Phi) is 4.33. The van der Waals surface area contributed by atoms with Gasteiger partial charge >= 0.3 is 6.09 Å². The van der Waals surface area contributed by atoms with E-state index in [9.17, 15) is 13.2 Å². The summed E-state index contributed by atoms with van der Waals surface area (Å²) in [5.41, 5.74) is 0.543. The Morgan fingerprint density at radius 3 is 2.74 bits per heavy atom. The number of ether oxygens (including phenoxy) is 1. The zero-order chi connectivity index (χ0) is 16.5. The van der Waals surface area contributed by atoms with E-state index in [1.165, 1.54) is 0 Å². The van der Waals surface area contributed by atoms with Crippen LogP contribution in [0.5, 0.6) is 0 Å². The van der Waals surface area contributed by atoms with E-state index in [1.807, 2.05) is 30.3 Å². The molecule has 0 bridgehead atoms.